The van der Waals surface area contributed by atoms with Crippen molar-refractivity contribution in [3.63, 3.8) is 0 Å². The molecule has 6 nitrogen and oxygen atoms in total. The lowest BCUT2D eigenvalue weighted by molar-refractivity contribution is -0.132. The molecule has 1 aromatic carbocycles. The quantitative estimate of drug-likeness (QED) is 0.453. The van der Waals surface area contributed by atoms with Gasteiger partial charge in [0.15, 0.2) is 0 Å². The second-order valence-corrected chi connectivity index (χ2v) is 4.98. The van der Waals surface area contributed by atoms with Crippen molar-refractivity contribution in [1.29, 1.82) is 0 Å². The Balaban J connectivity index is 2.41. The zero-order chi connectivity index (χ0) is 15.7. The molecule has 0 aliphatic heterocycles. The predicted octanol–water partition coefficient (Wildman–Crippen LogP) is 1.45. The molecule has 0 unspecified atom stereocenters. The minimum absolute atomic E-state index is 0.0722. The number of carbonyl (C=O) groups excluding carboxylic acids is 2. The summed E-state index contributed by atoms with van der Waals surface area (Å²) in [5.41, 5.74) is 2.72. The van der Waals surface area contributed by atoms with E-state index in [2.05, 4.69) is 10.6 Å². The summed E-state index contributed by atoms with van der Waals surface area (Å²) in [6, 6.07) is 8.63. The Labute approximate surface area is 124 Å². The topological polar surface area (TPSA) is 90.5 Å². The lowest BCUT2D eigenvalue weighted by atomic mass is 9.99. The molecule has 0 saturated carbocycles. The number of hydrogen-bond donors (Lipinski definition) is 4. The molecular formula is C15H23N3O3. The van der Waals surface area contributed by atoms with E-state index in [0.29, 0.717) is 19.4 Å². The minimum Gasteiger partial charge on any atom is -0.338 e. The predicted molar refractivity (Wildman–Crippen MR) is 79.9 cm³/mol. The summed E-state index contributed by atoms with van der Waals surface area (Å²) in [4.78, 5) is 23.3. The third kappa shape index (κ3) is 5.83. The van der Waals surface area contributed by atoms with E-state index in [1.54, 1.807) is 5.48 Å². The molecule has 0 aliphatic rings. The summed E-state index contributed by atoms with van der Waals surface area (Å²) < 4.78 is 0. The molecule has 0 bridgehead atoms. The summed E-state index contributed by atoms with van der Waals surface area (Å²) >= 11 is 0. The van der Waals surface area contributed by atoms with Crippen molar-refractivity contribution in [2.24, 2.45) is 5.92 Å². The van der Waals surface area contributed by atoms with Crippen LogP contribution in [0.5, 0.6) is 0 Å². The number of nitrogens with one attached hydrogen (secondary N) is 3. The van der Waals surface area contributed by atoms with Gasteiger partial charge in [0.05, 0.1) is 0 Å². The summed E-state index contributed by atoms with van der Waals surface area (Å²) in [7, 11) is 0. The van der Waals surface area contributed by atoms with E-state index in [9.17, 15) is 9.59 Å². The Morgan fingerprint density at radius 1 is 1.24 bits per heavy atom. The van der Waals surface area contributed by atoms with Gasteiger partial charge in [0, 0.05) is 6.54 Å². The van der Waals surface area contributed by atoms with Gasteiger partial charge in [-0.05, 0) is 17.9 Å². The minimum atomic E-state index is -0.753. The van der Waals surface area contributed by atoms with Crippen molar-refractivity contribution < 1.29 is 14.8 Å². The molecule has 4 N–H and O–H groups in total. The molecule has 1 aromatic rings. The standard InChI is InChI=1S/C15H23N3O3/c1-3-11(2)13(14(19)18-21)17-15(20)16-10-9-12-7-5-4-6-8-12/h4-8,11,13,21H,3,9-10H2,1-2H3,(H,18,19)(H2,16,17,20)/t11-,13-/m0/s1. The van der Waals surface area contributed by atoms with E-state index in [4.69, 9.17) is 5.21 Å². The van der Waals surface area contributed by atoms with E-state index >= 15 is 0 Å². The first-order chi connectivity index (χ1) is 10.1. The molecule has 3 amide bonds. The molecule has 0 fully saturated rings. The number of urea groups is 1. The third-order valence-corrected chi connectivity index (χ3v) is 3.43. The largest absolute Gasteiger partial charge is 0.338 e. The molecular weight excluding hydrogens is 270 g/mol. The van der Waals surface area contributed by atoms with E-state index in [1.807, 2.05) is 44.2 Å². The summed E-state index contributed by atoms with van der Waals surface area (Å²) in [6.07, 6.45) is 1.43. The van der Waals surface area contributed by atoms with Gasteiger partial charge in [-0.15, -0.1) is 0 Å². The zero-order valence-electron chi connectivity index (χ0n) is 12.4. The Morgan fingerprint density at radius 3 is 2.48 bits per heavy atom. The molecule has 0 aliphatic carbocycles. The number of rotatable bonds is 7. The molecule has 0 aromatic heterocycles. The maximum Gasteiger partial charge on any atom is 0.315 e. The number of hydrogen-bond acceptors (Lipinski definition) is 3. The first-order valence-electron chi connectivity index (χ1n) is 7.10. The van der Waals surface area contributed by atoms with Gasteiger partial charge >= 0.3 is 6.03 Å². The van der Waals surface area contributed by atoms with Gasteiger partial charge in [0.2, 0.25) is 0 Å². The van der Waals surface area contributed by atoms with Crippen LogP contribution in [0.1, 0.15) is 25.8 Å². The molecule has 0 saturated heterocycles. The highest BCUT2D eigenvalue weighted by Gasteiger charge is 2.25. The van der Waals surface area contributed by atoms with Gasteiger partial charge in [-0.1, -0.05) is 50.6 Å². The molecule has 0 radical (unpaired) electrons. The van der Waals surface area contributed by atoms with Crippen molar-refractivity contribution in [1.82, 2.24) is 16.1 Å². The van der Waals surface area contributed by atoms with Crippen LogP contribution in [-0.2, 0) is 11.2 Å². The average Bonchev–Trinajstić information content (AvgIpc) is 2.52. The molecule has 1 rings (SSSR count). The van der Waals surface area contributed by atoms with Crippen molar-refractivity contribution >= 4 is 11.9 Å². The highest BCUT2D eigenvalue weighted by molar-refractivity contribution is 5.86. The first-order valence-corrected chi connectivity index (χ1v) is 7.10. The highest BCUT2D eigenvalue weighted by Crippen LogP contribution is 2.07. The molecule has 0 heterocycles. The van der Waals surface area contributed by atoms with Crippen LogP contribution in [0, 0.1) is 5.92 Å². The Bertz CT molecular complexity index is 451. The van der Waals surface area contributed by atoms with Gasteiger partial charge in [-0.25, -0.2) is 10.3 Å². The highest BCUT2D eigenvalue weighted by atomic mass is 16.5. The fraction of sp³-hybridized carbons (Fsp3) is 0.467. The SMILES string of the molecule is CC[C@H](C)[C@H](NC(=O)NCCc1ccccc1)C(=O)NO. The van der Waals surface area contributed by atoms with E-state index in [1.165, 1.54) is 0 Å². The Hall–Kier alpha value is -2.08. The van der Waals surface area contributed by atoms with E-state index in [-0.39, 0.29) is 5.92 Å². The zero-order valence-corrected chi connectivity index (χ0v) is 12.4. The third-order valence-electron chi connectivity index (χ3n) is 3.43. The maximum absolute atomic E-state index is 11.8. The van der Waals surface area contributed by atoms with E-state index < -0.39 is 18.0 Å². The van der Waals surface area contributed by atoms with Crippen LogP contribution < -0.4 is 16.1 Å². The van der Waals surface area contributed by atoms with Crippen LogP contribution in [0.25, 0.3) is 0 Å². The van der Waals surface area contributed by atoms with Gasteiger partial charge in [-0.2, -0.15) is 0 Å². The Morgan fingerprint density at radius 2 is 1.90 bits per heavy atom. The normalized spacial score (nSPS) is 13.1. The van der Waals surface area contributed by atoms with Crippen molar-refractivity contribution in [3.05, 3.63) is 35.9 Å². The first kappa shape index (κ1) is 17.0. The molecule has 6 heteroatoms. The lowest BCUT2D eigenvalue weighted by Crippen LogP contribution is -2.52. The van der Waals surface area contributed by atoms with E-state index in [0.717, 1.165) is 5.56 Å². The van der Waals surface area contributed by atoms with Crippen LogP contribution in [0.15, 0.2) is 30.3 Å². The fourth-order valence-electron chi connectivity index (χ4n) is 1.93. The van der Waals surface area contributed by atoms with Crippen molar-refractivity contribution in [2.45, 2.75) is 32.7 Å². The number of amides is 3. The summed E-state index contributed by atoms with van der Waals surface area (Å²) in [6.45, 7) is 4.23. The smallest absolute Gasteiger partial charge is 0.315 e. The summed E-state index contributed by atoms with van der Waals surface area (Å²) in [5, 5.41) is 14.0. The fourth-order valence-corrected chi connectivity index (χ4v) is 1.93. The van der Waals surface area contributed by atoms with Crippen molar-refractivity contribution in [2.75, 3.05) is 6.54 Å². The molecule has 21 heavy (non-hydrogen) atoms. The summed E-state index contributed by atoms with van der Waals surface area (Å²) in [5.74, 6) is -0.681. The lowest BCUT2D eigenvalue weighted by Gasteiger charge is -2.22. The second kappa shape index (κ2) is 8.97. The average molecular weight is 293 g/mol. The van der Waals surface area contributed by atoms with Crippen LogP contribution in [-0.4, -0.2) is 29.7 Å². The number of hydroxylamine groups is 1. The van der Waals surface area contributed by atoms with Crippen LogP contribution >= 0.6 is 0 Å². The van der Waals surface area contributed by atoms with Crippen LogP contribution in [0.3, 0.4) is 0 Å². The number of carbonyl (C=O) groups is 2. The Kier molecular flexibility index (Phi) is 7.25. The van der Waals surface area contributed by atoms with Crippen LogP contribution in [0.4, 0.5) is 4.79 Å². The monoisotopic (exact) mass is 293 g/mol. The molecule has 0 spiro atoms. The van der Waals surface area contributed by atoms with Crippen molar-refractivity contribution in [3.8, 4) is 0 Å². The molecule has 2 atom stereocenters. The molecule has 116 valence electrons. The number of benzene rings is 1. The van der Waals surface area contributed by atoms with Gasteiger partial charge < -0.3 is 10.6 Å². The van der Waals surface area contributed by atoms with Crippen LogP contribution in [0.2, 0.25) is 0 Å². The van der Waals surface area contributed by atoms with Gasteiger partial charge in [0.25, 0.3) is 5.91 Å². The maximum atomic E-state index is 11.8. The van der Waals surface area contributed by atoms with Gasteiger partial charge in [0.1, 0.15) is 6.04 Å². The second-order valence-electron chi connectivity index (χ2n) is 4.98. The van der Waals surface area contributed by atoms with Gasteiger partial charge in [-0.3, -0.25) is 10.0 Å².